The zero-order valence-electron chi connectivity index (χ0n) is 9.30. The zero-order valence-corrected chi connectivity index (χ0v) is 10.1. The number of nitrogens with one attached hydrogen (secondary N) is 1. The van der Waals surface area contributed by atoms with Gasteiger partial charge in [0, 0.05) is 13.1 Å². The second-order valence-corrected chi connectivity index (χ2v) is 4.01. The van der Waals surface area contributed by atoms with E-state index >= 15 is 0 Å². The van der Waals surface area contributed by atoms with E-state index in [1.807, 2.05) is 0 Å². The summed E-state index contributed by atoms with van der Waals surface area (Å²) in [5, 5.41) is 13.9. The molecule has 0 fully saturated rings. The number of aromatic nitrogens is 3. The van der Waals surface area contributed by atoms with Crippen molar-refractivity contribution < 1.29 is 4.92 Å². The minimum atomic E-state index is -0.423. The maximum absolute atomic E-state index is 11.0. The Kier molecular flexibility index (Phi) is 2.76. The molecule has 0 aliphatic rings. The number of hydrogen-bond donors (Lipinski definition) is 1. The topological polar surface area (TPSA) is 76.8 Å². The average Bonchev–Trinajstić information content (AvgIpc) is 2.58. The number of aryl methyl sites for hydroxylation is 2. The van der Waals surface area contributed by atoms with Crippen molar-refractivity contribution in [3.8, 4) is 11.4 Å². The Bertz CT molecular complexity index is 644. The van der Waals surface area contributed by atoms with Crippen LogP contribution in [0.1, 0.15) is 5.56 Å². The molecule has 88 valence electrons. The quantitative estimate of drug-likeness (QED) is 0.504. The smallest absolute Gasteiger partial charge is 0.279 e. The molecule has 0 unspecified atom stereocenters. The second-order valence-electron chi connectivity index (χ2n) is 3.64. The van der Waals surface area contributed by atoms with E-state index in [4.69, 9.17) is 12.2 Å². The number of benzene rings is 1. The lowest BCUT2D eigenvalue weighted by Gasteiger charge is -2.02. The summed E-state index contributed by atoms with van der Waals surface area (Å²) in [7, 11) is 1.71. The normalized spacial score (nSPS) is 10.5. The van der Waals surface area contributed by atoms with Crippen molar-refractivity contribution in [1.82, 2.24) is 14.8 Å². The van der Waals surface area contributed by atoms with Crippen LogP contribution in [0.5, 0.6) is 0 Å². The lowest BCUT2D eigenvalue weighted by molar-refractivity contribution is -0.384. The van der Waals surface area contributed by atoms with Gasteiger partial charge >= 0.3 is 0 Å². The van der Waals surface area contributed by atoms with Gasteiger partial charge < -0.3 is 0 Å². The number of nitro benzene ring substituents is 1. The highest BCUT2D eigenvalue weighted by atomic mass is 32.1. The maximum Gasteiger partial charge on any atom is 0.280 e. The monoisotopic (exact) mass is 250 g/mol. The third-order valence-electron chi connectivity index (χ3n) is 2.45. The Hall–Kier alpha value is -2.02. The fraction of sp³-hybridized carbons (Fsp3) is 0.200. The van der Waals surface area contributed by atoms with Crippen LogP contribution in [0.25, 0.3) is 11.4 Å². The van der Waals surface area contributed by atoms with Gasteiger partial charge in [-0.3, -0.25) is 19.9 Å². The molecule has 0 bridgehead atoms. The van der Waals surface area contributed by atoms with Crippen LogP contribution in [0.2, 0.25) is 0 Å². The summed E-state index contributed by atoms with van der Waals surface area (Å²) in [5.74, 6) is 0.419. The lowest BCUT2D eigenvalue weighted by Crippen LogP contribution is -1.96. The molecule has 0 aliphatic carbocycles. The molecule has 17 heavy (non-hydrogen) atoms. The lowest BCUT2D eigenvalue weighted by atomic mass is 10.1. The number of rotatable bonds is 2. The highest BCUT2D eigenvalue weighted by Crippen LogP contribution is 2.30. The van der Waals surface area contributed by atoms with Gasteiger partial charge in [-0.2, -0.15) is 4.98 Å². The molecule has 0 amide bonds. The van der Waals surface area contributed by atoms with E-state index in [2.05, 4.69) is 10.1 Å². The maximum atomic E-state index is 11.0. The predicted molar refractivity (Wildman–Crippen MR) is 65.2 cm³/mol. The van der Waals surface area contributed by atoms with Crippen molar-refractivity contribution in [3.05, 3.63) is 38.6 Å². The summed E-state index contributed by atoms with van der Waals surface area (Å²) in [5.41, 5.74) is 1.28. The Morgan fingerprint density at radius 1 is 1.53 bits per heavy atom. The van der Waals surface area contributed by atoms with Gasteiger partial charge in [0.15, 0.2) is 5.82 Å². The van der Waals surface area contributed by atoms with Gasteiger partial charge in [-0.05, 0) is 24.7 Å². The number of nitro groups is 1. The van der Waals surface area contributed by atoms with Crippen LogP contribution < -0.4 is 0 Å². The Morgan fingerprint density at radius 3 is 2.76 bits per heavy atom. The molecule has 1 N–H and O–H groups in total. The standard InChI is InChI=1S/C10H10N4O2S/c1-6-4-3-5-7(14(15)16)8(6)9-11-10(17)13(2)12-9/h3-5H,1-2H3,(H,11,12,17). The molecule has 6 nitrogen and oxygen atoms in total. The van der Waals surface area contributed by atoms with Crippen molar-refractivity contribution in [2.45, 2.75) is 6.92 Å². The first-order chi connectivity index (χ1) is 8.00. The van der Waals surface area contributed by atoms with E-state index in [1.165, 1.54) is 6.07 Å². The molecule has 1 aromatic heterocycles. The van der Waals surface area contributed by atoms with Gasteiger partial charge in [0.25, 0.3) is 5.69 Å². The Balaban J connectivity index is 2.73. The van der Waals surface area contributed by atoms with E-state index in [0.717, 1.165) is 5.56 Å². The van der Waals surface area contributed by atoms with Crippen molar-refractivity contribution in [3.63, 3.8) is 0 Å². The van der Waals surface area contributed by atoms with Crippen molar-refractivity contribution in [1.29, 1.82) is 0 Å². The van der Waals surface area contributed by atoms with Gasteiger partial charge in [-0.25, -0.2) is 0 Å². The van der Waals surface area contributed by atoms with Crippen LogP contribution in [0.15, 0.2) is 18.2 Å². The largest absolute Gasteiger partial charge is 0.280 e. The van der Waals surface area contributed by atoms with Gasteiger partial charge in [0.2, 0.25) is 4.77 Å². The molecule has 0 saturated heterocycles. The summed E-state index contributed by atoms with van der Waals surface area (Å²) < 4.78 is 1.90. The van der Waals surface area contributed by atoms with E-state index < -0.39 is 4.92 Å². The molecule has 7 heteroatoms. The molecule has 1 aromatic carbocycles. The SMILES string of the molecule is Cc1cccc([N+](=O)[O-])c1-c1nc(=S)n(C)[nH]1. The number of hydrogen-bond acceptors (Lipinski definition) is 4. The van der Waals surface area contributed by atoms with Crippen molar-refractivity contribution in [2.24, 2.45) is 7.05 Å². The molecule has 0 atom stereocenters. The predicted octanol–water partition coefficient (Wildman–Crippen LogP) is 2.36. The van der Waals surface area contributed by atoms with E-state index in [0.29, 0.717) is 16.2 Å². The van der Waals surface area contributed by atoms with Crippen LogP contribution in [-0.4, -0.2) is 19.7 Å². The zero-order chi connectivity index (χ0) is 12.6. The molecule has 1 heterocycles. The summed E-state index contributed by atoms with van der Waals surface area (Å²) in [4.78, 5) is 14.6. The minimum absolute atomic E-state index is 0.0225. The first-order valence-electron chi connectivity index (χ1n) is 4.88. The van der Waals surface area contributed by atoms with Crippen LogP contribution >= 0.6 is 12.2 Å². The van der Waals surface area contributed by atoms with Gasteiger partial charge in [0.05, 0.1) is 10.5 Å². The number of H-pyrrole nitrogens is 1. The molecule has 2 aromatic rings. The number of aromatic amines is 1. The third kappa shape index (κ3) is 1.96. The molecule has 0 aliphatic heterocycles. The van der Waals surface area contributed by atoms with Crippen molar-refractivity contribution in [2.75, 3.05) is 0 Å². The summed E-state index contributed by atoms with van der Waals surface area (Å²) in [6.07, 6.45) is 0. The molecular weight excluding hydrogens is 240 g/mol. The summed E-state index contributed by atoms with van der Waals surface area (Å²) in [6.45, 7) is 1.80. The molecule has 2 rings (SSSR count). The fourth-order valence-electron chi connectivity index (χ4n) is 1.63. The Morgan fingerprint density at radius 2 is 2.24 bits per heavy atom. The van der Waals surface area contributed by atoms with Gasteiger partial charge in [-0.15, -0.1) is 0 Å². The molecule has 0 spiro atoms. The summed E-state index contributed by atoms with van der Waals surface area (Å²) >= 11 is 4.98. The Labute approximate surface area is 102 Å². The second kappa shape index (κ2) is 4.10. The average molecular weight is 250 g/mol. The van der Waals surface area contributed by atoms with Gasteiger partial charge in [0.1, 0.15) is 0 Å². The van der Waals surface area contributed by atoms with Crippen LogP contribution in [-0.2, 0) is 7.05 Å². The van der Waals surface area contributed by atoms with E-state index in [9.17, 15) is 10.1 Å². The van der Waals surface area contributed by atoms with Crippen LogP contribution in [0, 0.1) is 21.8 Å². The first kappa shape index (κ1) is 11.5. The minimum Gasteiger partial charge on any atom is -0.279 e. The molecule has 0 saturated carbocycles. The van der Waals surface area contributed by atoms with Crippen LogP contribution in [0.3, 0.4) is 0 Å². The third-order valence-corrected chi connectivity index (χ3v) is 2.82. The fourth-order valence-corrected chi connectivity index (χ4v) is 1.76. The van der Waals surface area contributed by atoms with Gasteiger partial charge in [-0.1, -0.05) is 12.1 Å². The molecule has 0 radical (unpaired) electrons. The highest BCUT2D eigenvalue weighted by molar-refractivity contribution is 7.71. The summed E-state index contributed by atoms with van der Waals surface area (Å²) in [6, 6.07) is 4.90. The van der Waals surface area contributed by atoms with E-state index in [1.54, 1.807) is 30.8 Å². The first-order valence-corrected chi connectivity index (χ1v) is 5.29. The number of nitrogens with zero attached hydrogens (tertiary/aromatic N) is 3. The van der Waals surface area contributed by atoms with Crippen LogP contribution in [0.4, 0.5) is 5.69 Å². The molecular formula is C10H10N4O2S. The highest BCUT2D eigenvalue weighted by Gasteiger charge is 2.19. The van der Waals surface area contributed by atoms with E-state index in [-0.39, 0.29) is 5.69 Å². The van der Waals surface area contributed by atoms with Crippen molar-refractivity contribution >= 4 is 17.9 Å².